The summed E-state index contributed by atoms with van der Waals surface area (Å²) in [6.45, 7) is 6.14. The molecule has 0 saturated carbocycles. The molecule has 0 bridgehead atoms. The van der Waals surface area contributed by atoms with Crippen molar-refractivity contribution in [1.29, 1.82) is 0 Å². The van der Waals surface area contributed by atoms with Crippen LogP contribution in [-0.4, -0.2) is 29.9 Å². The Morgan fingerprint density at radius 1 is 1.45 bits per heavy atom. The Labute approximate surface area is 130 Å². The van der Waals surface area contributed by atoms with Crippen LogP contribution in [0.2, 0.25) is 5.02 Å². The third-order valence-corrected chi connectivity index (χ3v) is 3.89. The average Bonchev–Trinajstić information content (AvgIpc) is 2.36. The number of hydrogen-bond acceptors (Lipinski definition) is 3. The molecule has 20 heavy (non-hydrogen) atoms. The van der Waals surface area contributed by atoms with E-state index in [9.17, 15) is 9.90 Å². The molecule has 1 atom stereocenters. The summed E-state index contributed by atoms with van der Waals surface area (Å²) in [6.07, 6.45) is 2.65. The molecule has 0 aromatic heterocycles. The molecule has 1 rings (SSSR count). The van der Waals surface area contributed by atoms with Crippen LogP contribution in [0.1, 0.15) is 37.6 Å². The van der Waals surface area contributed by atoms with E-state index in [0.717, 1.165) is 4.90 Å². The lowest BCUT2D eigenvalue weighted by molar-refractivity contribution is 0.0897. The number of aliphatic hydroxyl groups is 1. The van der Waals surface area contributed by atoms with Crippen molar-refractivity contribution in [2.24, 2.45) is 5.41 Å². The van der Waals surface area contributed by atoms with Gasteiger partial charge in [-0.3, -0.25) is 4.79 Å². The second-order valence-electron chi connectivity index (χ2n) is 5.96. The van der Waals surface area contributed by atoms with Crippen molar-refractivity contribution in [2.75, 3.05) is 12.9 Å². The Bertz CT molecular complexity index is 471. The lowest BCUT2D eigenvalue weighted by Crippen LogP contribution is -2.40. The topological polar surface area (TPSA) is 49.3 Å². The van der Waals surface area contributed by atoms with E-state index in [2.05, 4.69) is 26.1 Å². The van der Waals surface area contributed by atoms with Crippen LogP contribution in [0.4, 0.5) is 0 Å². The minimum absolute atomic E-state index is 0.0333. The number of carbonyl (C=O) groups excluding carboxylic acids is 1. The van der Waals surface area contributed by atoms with Crippen LogP contribution in [0.15, 0.2) is 23.1 Å². The summed E-state index contributed by atoms with van der Waals surface area (Å²) in [7, 11) is 0. The van der Waals surface area contributed by atoms with Crippen LogP contribution in [0.5, 0.6) is 0 Å². The van der Waals surface area contributed by atoms with Crippen molar-refractivity contribution in [1.82, 2.24) is 5.32 Å². The van der Waals surface area contributed by atoms with E-state index in [1.807, 2.05) is 12.3 Å². The molecule has 0 aliphatic heterocycles. The summed E-state index contributed by atoms with van der Waals surface area (Å²) in [4.78, 5) is 13.3. The molecule has 0 aliphatic carbocycles. The smallest absolute Gasteiger partial charge is 0.253 e. The van der Waals surface area contributed by atoms with Gasteiger partial charge in [0.05, 0.1) is 23.2 Å². The molecular weight excluding hydrogens is 294 g/mol. The number of halogens is 1. The van der Waals surface area contributed by atoms with E-state index >= 15 is 0 Å². The van der Waals surface area contributed by atoms with Gasteiger partial charge in [-0.15, -0.1) is 11.8 Å². The maximum Gasteiger partial charge on any atom is 0.253 e. The first-order valence-electron chi connectivity index (χ1n) is 6.52. The Morgan fingerprint density at radius 2 is 2.10 bits per heavy atom. The summed E-state index contributed by atoms with van der Waals surface area (Å²) >= 11 is 7.63. The number of hydrogen-bond donors (Lipinski definition) is 2. The number of carbonyl (C=O) groups is 1. The van der Waals surface area contributed by atoms with Gasteiger partial charge in [0.1, 0.15) is 0 Å². The van der Waals surface area contributed by atoms with E-state index in [1.165, 1.54) is 0 Å². The van der Waals surface area contributed by atoms with Crippen LogP contribution in [0.3, 0.4) is 0 Å². The van der Waals surface area contributed by atoms with Gasteiger partial charge < -0.3 is 10.4 Å². The minimum atomic E-state index is -0.267. The lowest BCUT2D eigenvalue weighted by atomic mass is 9.88. The molecule has 0 aliphatic rings. The molecule has 0 spiro atoms. The highest BCUT2D eigenvalue weighted by molar-refractivity contribution is 7.98. The van der Waals surface area contributed by atoms with Crippen LogP contribution in [-0.2, 0) is 0 Å². The molecule has 1 aromatic rings. The van der Waals surface area contributed by atoms with Crippen molar-refractivity contribution < 1.29 is 9.90 Å². The lowest BCUT2D eigenvalue weighted by Gasteiger charge is -2.25. The van der Waals surface area contributed by atoms with Gasteiger partial charge in [0.25, 0.3) is 5.91 Å². The third kappa shape index (κ3) is 5.35. The Morgan fingerprint density at radius 3 is 2.60 bits per heavy atom. The largest absolute Gasteiger partial charge is 0.394 e. The van der Waals surface area contributed by atoms with E-state index in [-0.39, 0.29) is 24.0 Å². The van der Waals surface area contributed by atoms with Gasteiger partial charge in [0, 0.05) is 4.90 Å². The van der Waals surface area contributed by atoms with Crippen molar-refractivity contribution in [3.63, 3.8) is 0 Å². The molecule has 0 fully saturated rings. The predicted octanol–water partition coefficient (Wildman–Crippen LogP) is 3.59. The van der Waals surface area contributed by atoms with Crippen molar-refractivity contribution in [3.8, 4) is 0 Å². The highest BCUT2D eigenvalue weighted by Crippen LogP contribution is 2.24. The molecule has 3 nitrogen and oxygen atoms in total. The summed E-state index contributed by atoms with van der Waals surface area (Å²) in [6, 6.07) is 5.10. The first kappa shape index (κ1) is 17.3. The van der Waals surface area contributed by atoms with E-state index in [1.54, 1.807) is 23.9 Å². The Hall–Kier alpha value is -0.710. The number of aliphatic hydroxyl groups excluding tert-OH is 1. The molecule has 0 radical (unpaired) electrons. The summed E-state index contributed by atoms with van der Waals surface area (Å²) in [5, 5.41) is 12.7. The Kier molecular flexibility index (Phi) is 6.37. The summed E-state index contributed by atoms with van der Waals surface area (Å²) < 4.78 is 0. The number of nitrogens with one attached hydrogen (secondary N) is 1. The fourth-order valence-corrected chi connectivity index (χ4v) is 2.61. The average molecular weight is 316 g/mol. The molecule has 1 unspecified atom stereocenters. The first-order valence-corrected chi connectivity index (χ1v) is 8.12. The van der Waals surface area contributed by atoms with E-state index in [4.69, 9.17) is 11.6 Å². The zero-order valence-corrected chi connectivity index (χ0v) is 13.9. The molecule has 1 amide bonds. The second kappa shape index (κ2) is 7.34. The highest BCUT2D eigenvalue weighted by atomic mass is 35.5. The maximum atomic E-state index is 12.3. The number of amides is 1. The zero-order valence-electron chi connectivity index (χ0n) is 12.4. The van der Waals surface area contributed by atoms with Gasteiger partial charge in [-0.05, 0) is 36.3 Å². The van der Waals surface area contributed by atoms with Crippen molar-refractivity contribution in [2.45, 2.75) is 38.1 Å². The van der Waals surface area contributed by atoms with Gasteiger partial charge >= 0.3 is 0 Å². The van der Waals surface area contributed by atoms with Gasteiger partial charge in [-0.2, -0.15) is 0 Å². The van der Waals surface area contributed by atoms with E-state index in [0.29, 0.717) is 17.0 Å². The number of thioether (sulfide) groups is 1. The van der Waals surface area contributed by atoms with Gasteiger partial charge in [-0.25, -0.2) is 0 Å². The normalized spacial score (nSPS) is 13.1. The SMILES string of the molecule is CSc1ccc(Cl)c(C(=O)NC(CO)CC(C)(C)C)c1. The molecule has 0 heterocycles. The molecule has 1 aromatic carbocycles. The zero-order chi connectivity index (χ0) is 15.3. The first-order chi connectivity index (χ1) is 9.26. The van der Waals surface area contributed by atoms with Gasteiger partial charge in [0.15, 0.2) is 0 Å². The summed E-state index contributed by atoms with van der Waals surface area (Å²) in [5.41, 5.74) is 0.483. The monoisotopic (exact) mass is 315 g/mol. The molecule has 5 heteroatoms. The van der Waals surface area contributed by atoms with Crippen LogP contribution in [0.25, 0.3) is 0 Å². The van der Waals surface area contributed by atoms with Crippen LogP contribution >= 0.6 is 23.4 Å². The molecule has 2 N–H and O–H groups in total. The van der Waals surface area contributed by atoms with Crippen molar-refractivity contribution in [3.05, 3.63) is 28.8 Å². The third-order valence-electron chi connectivity index (χ3n) is 2.83. The fraction of sp³-hybridized carbons (Fsp3) is 0.533. The standard InChI is InChI=1S/C15H22ClNO2S/c1-15(2,3)8-10(9-18)17-14(19)12-7-11(20-4)5-6-13(12)16/h5-7,10,18H,8-9H2,1-4H3,(H,17,19). The predicted molar refractivity (Wildman–Crippen MR) is 85.6 cm³/mol. The second-order valence-corrected chi connectivity index (χ2v) is 7.25. The summed E-state index contributed by atoms with van der Waals surface area (Å²) in [5.74, 6) is -0.241. The highest BCUT2D eigenvalue weighted by Gasteiger charge is 2.21. The van der Waals surface area contributed by atoms with E-state index < -0.39 is 0 Å². The number of benzene rings is 1. The minimum Gasteiger partial charge on any atom is -0.394 e. The van der Waals surface area contributed by atoms with Crippen LogP contribution < -0.4 is 5.32 Å². The van der Waals surface area contributed by atoms with Gasteiger partial charge in [-0.1, -0.05) is 32.4 Å². The quantitative estimate of drug-likeness (QED) is 0.816. The number of rotatable bonds is 5. The van der Waals surface area contributed by atoms with Crippen molar-refractivity contribution >= 4 is 29.3 Å². The molecular formula is C15H22ClNO2S. The Balaban J connectivity index is 2.84. The van der Waals surface area contributed by atoms with Crippen LogP contribution in [0, 0.1) is 5.41 Å². The van der Waals surface area contributed by atoms with Gasteiger partial charge in [0.2, 0.25) is 0 Å². The molecule has 0 saturated heterocycles. The fourth-order valence-electron chi connectivity index (χ4n) is 1.97. The molecule has 112 valence electrons. The maximum absolute atomic E-state index is 12.3.